The van der Waals surface area contributed by atoms with E-state index in [2.05, 4.69) is 15.0 Å². The van der Waals surface area contributed by atoms with Crippen LogP contribution >= 0.6 is 11.6 Å². The van der Waals surface area contributed by atoms with Crippen LogP contribution in [0.15, 0.2) is 42.6 Å². The zero-order valence-electron chi connectivity index (χ0n) is 10.7. The van der Waals surface area contributed by atoms with Gasteiger partial charge in [-0.15, -0.1) is 0 Å². The number of alkyl halides is 2. The molecule has 1 unspecified atom stereocenters. The Labute approximate surface area is 120 Å². The summed E-state index contributed by atoms with van der Waals surface area (Å²) >= 11 is 5.71. The SMILES string of the molecule is CC(Nc1ccc(Cl)nc1)c1ccccc1OC(F)F. The first kappa shape index (κ1) is 14.5. The predicted octanol–water partition coefficient (Wildman–Crippen LogP) is 4.51. The molecule has 0 spiro atoms. The van der Waals surface area contributed by atoms with Crippen LogP contribution in [0.25, 0.3) is 0 Å². The molecule has 0 saturated carbocycles. The van der Waals surface area contributed by atoms with Crippen molar-refractivity contribution >= 4 is 17.3 Å². The Morgan fingerprint density at radius 3 is 2.60 bits per heavy atom. The number of ether oxygens (including phenoxy) is 1. The van der Waals surface area contributed by atoms with Gasteiger partial charge >= 0.3 is 6.61 Å². The lowest BCUT2D eigenvalue weighted by molar-refractivity contribution is -0.0505. The van der Waals surface area contributed by atoms with Crippen molar-refractivity contribution in [1.82, 2.24) is 4.98 Å². The maximum Gasteiger partial charge on any atom is 0.387 e. The van der Waals surface area contributed by atoms with E-state index in [1.165, 1.54) is 6.07 Å². The Hall–Kier alpha value is -1.88. The summed E-state index contributed by atoms with van der Waals surface area (Å²) in [6.45, 7) is -0.997. The molecule has 0 aliphatic heterocycles. The molecule has 0 saturated heterocycles. The van der Waals surface area contributed by atoms with Crippen LogP contribution in [0.1, 0.15) is 18.5 Å². The second-order valence-electron chi connectivity index (χ2n) is 4.15. The molecule has 2 aromatic rings. The molecule has 0 radical (unpaired) electrons. The Balaban J connectivity index is 2.16. The highest BCUT2D eigenvalue weighted by Gasteiger charge is 2.14. The number of benzene rings is 1. The fraction of sp³-hybridized carbons (Fsp3) is 0.214. The highest BCUT2D eigenvalue weighted by atomic mass is 35.5. The standard InChI is InChI=1S/C14H13ClF2N2O/c1-9(19-10-6-7-13(15)18-8-10)11-4-2-3-5-12(11)20-14(16)17/h2-9,14,19H,1H3. The van der Waals surface area contributed by atoms with Crippen molar-refractivity contribution in [2.75, 3.05) is 5.32 Å². The van der Waals surface area contributed by atoms with E-state index in [-0.39, 0.29) is 11.8 Å². The zero-order valence-corrected chi connectivity index (χ0v) is 11.4. The number of para-hydroxylation sites is 1. The molecule has 0 fully saturated rings. The molecule has 0 aliphatic rings. The van der Waals surface area contributed by atoms with Crippen LogP contribution in [0.2, 0.25) is 5.15 Å². The number of hydrogen-bond acceptors (Lipinski definition) is 3. The zero-order chi connectivity index (χ0) is 14.5. The van der Waals surface area contributed by atoms with Gasteiger partial charge in [0.2, 0.25) is 0 Å². The lowest BCUT2D eigenvalue weighted by Gasteiger charge is -2.18. The van der Waals surface area contributed by atoms with Crippen LogP contribution in [0.5, 0.6) is 5.75 Å². The second kappa shape index (κ2) is 6.52. The Kier molecular flexibility index (Phi) is 4.74. The number of hydrogen-bond donors (Lipinski definition) is 1. The van der Waals surface area contributed by atoms with Crippen molar-refractivity contribution in [3.05, 3.63) is 53.3 Å². The Morgan fingerprint density at radius 1 is 1.20 bits per heavy atom. The van der Waals surface area contributed by atoms with Crippen molar-refractivity contribution in [3.8, 4) is 5.75 Å². The predicted molar refractivity (Wildman–Crippen MR) is 74.4 cm³/mol. The van der Waals surface area contributed by atoms with Crippen molar-refractivity contribution in [2.24, 2.45) is 0 Å². The third-order valence-electron chi connectivity index (χ3n) is 2.71. The average Bonchev–Trinajstić information content (AvgIpc) is 2.41. The number of nitrogens with zero attached hydrogens (tertiary/aromatic N) is 1. The molecule has 20 heavy (non-hydrogen) atoms. The summed E-state index contributed by atoms with van der Waals surface area (Å²) in [6, 6.07) is 9.87. The summed E-state index contributed by atoms with van der Waals surface area (Å²) in [7, 11) is 0. The van der Waals surface area contributed by atoms with Crippen LogP contribution in [0, 0.1) is 0 Å². The lowest BCUT2D eigenvalue weighted by Crippen LogP contribution is -2.11. The molecule has 106 valence electrons. The second-order valence-corrected chi connectivity index (χ2v) is 4.54. The summed E-state index contributed by atoms with van der Waals surface area (Å²) in [4.78, 5) is 3.95. The number of aromatic nitrogens is 1. The van der Waals surface area contributed by atoms with Crippen LogP contribution in [-0.2, 0) is 0 Å². The van der Waals surface area contributed by atoms with E-state index in [9.17, 15) is 8.78 Å². The molecule has 1 aromatic heterocycles. The molecule has 3 nitrogen and oxygen atoms in total. The van der Waals surface area contributed by atoms with Gasteiger partial charge < -0.3 is 10.1 Å². The fourth-order valence-corrected chi connectivity index (χ4v) is 1.94. The molecule has 2 rings (SSSR count). The van der Waals surface area contributed by atoms with E-state index in [0.717, 1.165) is 5.69 Å². The molecule has 0 bridgehead atoms. The van der Waals surface area contributed by atoms with E-state index >= 15 is 0 Å². The summed E-state index contributed by atoms with van der Waals surface area (Å²) in [5.41, 5.74) is 1.39. The normalized spacial score (nSPS) is 12.2. The smallest absolute Gasteiger partial charge is 0.387 e. The highest BCUT2D eigenvalue weighted by molar-refractivity contribution is 6.29. The third-order valence-corrected chi connectivity index (χ3v) is 2.94. The van der Waals surface area contributed by atoms with Crippen molar-refractivity contribution in [2.45, 2.75) is 19.6 Å². The molecule has 6 heteroatoms. The topological polar surface area (TPSA) is 34.2 Å². The van der Waals surface area contributed by atoms with E-state index in [1.807, 2.05) is 6.92 Å². The number of halogens is 3. The molecule has 1 aromatic carbocycles. The highest BCUT2D eigenvalue weighted by Crippen LogP contribution is 2.28. The Bertz CT molecular complexity index is 563. The lowest BCUT2D eigenvalue weighted by atomic mass is 10.1. The van der Waals surface area contributed by atoms with E-state index in [1.54, 1.807) is 36.5 Å². The number of pyridine rings is 1. The van der Waals surface area contributed by atoms with Gasteiger partial charge in [0.05, 0.1) is 17.9 Å². The first-order chi connectivity index (χ1) is 9.56. The van der Waals surface area contributed by atoms with Crippen LogP contribution in [0.4, 0.5) is 14.5 Å². The minimum Gasteiger partial charge on any atom is -0.434 e. The van der Waals surface area contributed by atoms with Crippen molar-refractivity contribution in [3.63, 3.8) is 0 Å². The van der Waals surface area contributed by atoms with Gasteiger partial charge in [-0.2, -0.15) is 8.78 Å². The van der Waals surface area contributed by atoms with Crippen LogP contribution < -0.4 is 10.1 Å². The monoisotopic (exact) mass is 298 g/mol. The van der Waals surface area contributed by atoms with Gasteiger partial charge in [0.25, 0.3) is 0 Å². The maximum atomic E-state index is 12.4. The molecular formula is C14H13ClF2N2O. The van der Waals surface area contributed by atoms with Gasteiger partial charge in [-0.1, -0.05) is 29.8 Å². The van der Waals surface area contributed by atoms with Gasteiger partial charge in [-0.3, -0.25) is 0 Å². The average molecular weight is 299 g/mol. The summed E-state index contributed by atoms with van der Waals surface area (Å²) < 4.78 is 29.2. The number of anilines is 1. The largest absolute Gasteiger partial charge is 0.434 e. The van der Waals surface area contributed by atoms with Gasteiger partial charge in [0.15, 0.2) is 0 Å². The maximum absolute atomic E-state index is 12.4. The summed E-state index contributed by atoms with van der Waals surface area (Å²) in [5, 5.41) is 3.55. The number of nitrogens with one attached hydrogen (secondary N) is 1. The van der Waals surface area contributed by atoms with E-state index in [0.29, 0.717) is 10.7 Å². The first-order valence-electron chi connectivity index (χ1n) is 5.98. The summed E-state index contributed by atoms with van der Waals surface area (Å²) in [5.74, 6) is 0.157. The minimum absolute atomic E-state index is 0.157. The first-order valence-corrected chi connectivity index (χ1v) is 6.36. The Morgan fingerprint density at radius 2 is 1.95 bits per heavy atom. The molecule has 0 aliphatic carbocycles. The van der Waals surface area contributed by atoms with Gasteiger partial charge in [-0.25, -0.2) is 4.98 Å². The summed E-state index contributed by atoms with van der Waals surface area (Å²) in [6.07, 6.45) is 1.58. The van der Waals surface area contributed by atoms with Gasteiger partial charge in [0.1, 0.15) is 10.9 Å². The third kappa shape index (κ3) is 3.81. The van der Waals surface area contributed by atoms with Gasteiger partial charge in [-0.05, 0) is 25.1 Å². The quantitative estimate of drug-likeness (QED) is 0.825. The molecular weight excluding hydrogens is 286 g/mol. The fourth-order valence-electron chi connectivity index (χ4n) is 1.83. The number of rotatable bonds is 5. The van der Waals surface area contributed by atoms with Gasteiger partial charge in [0, 0.05) is 5.56 Å². The van der Waals surface area contributed by atoms with Crippen molar-refractivity contribution in [1.29, 1.82) is 0 Å². The minimum atomic E-state index is -2.85. The molecule has 1 heterocycles. The van der Waals surface area contributed by atoms with E-state index < -0.39 is 6.61 Å². The van der Waals surface area contributed by atoms with Crippen molar-refractivity contribution < 1.29 is 13.5 Å². The molecule has 1 atom stereocenters. The molecule has 0 amide bonds. The van der Waals surface area contributed by atoms with Crippen LogP contribution in [0.3, 0.4) is 0 Å². The van der Waals surface area contributed by atoms with E-state index in [4.69, 9.17) is 11.6 Å². The van der Waals surface area contributed by atoms with Crippen LogP contribution in [-0.4, -0.2) is 11.6 Å². The molecule has 1 N–H and O–H groups in total.